The van der Waals surface area contributed by atoms with Gasteiger partial charge in [0.25, 0.3) is 10.1 Å². The van der Waals surface area contributed by atoms with Gasteiger partial charge < -0.3 is 9.84 Å². The van der Waals surface area contributed by atoms with E-state index < -0.39 is 20.8 Å². The third kappa shape index (κ3) is 5.76. The van der Waals surface area contributed by atoms with Gasteiger partial charge in [0.05, 0.1) is 0 Å². The number of unbranched alkanes of at least 4 members (excludes halogenated alkanes) is 4. The highest BCUT2D eigenvalue weighted by Gasteiger charge is 2.22. The zero-order chi connectivity index (χ0) is 18.3. The smallest absolute Gasteiger partial charge is 0.298 e. The Kier molecular flexibility index (Phi) is 6.84. The van der Waals surface area contributed by atoms with Gasteiger partial charge in [0, 0.05) is 6.07 Å². The predicted octanol–water partition coefficient (Wildman–Crippen LogP) is 4.94. The van der Waals surface area contributed by atoms with E-state index in [1.165, 1.54) is 6.07 Å². The van der Waals surface area contributed by atoms with Crippen LogP contribution in [0.25, 0.3) is 0 Å². The first-order chi connectivity index (χ1) is 11.9. The highest BCUT2D eigenvalue weighted by molar-refractivity contribution is 7.86. The van der Waals surface area contributed by atoms with Gasteiger partial charge in [-0.1, -0.05) is 50.8 Å². The zero-order valence-corrected chi connectivity index (χ0v) is 15.1. The fourth-order valence-electron chi connectivity index (χ4n) is 2.73. The van der Waals surface area contributed by atoms with Crippen molar-refractivity contribution in [2.75, 3.05) is 0 Å². The summed E-state index contributed by atoms with van der Waals surface area (Å²) in [6.45, 7) is 2.12. The Hall–Kier alpha value is -2.05. The Morgan fingerprint density at radius 3 is 2.28 bits per heavy atom. The Labute approximate surface area is 149 Å². The summed E-state index contributed by atoms with van der Waals surface area (Å²) in [6, 6.07) is 11.8. The van der Waals surface area contributed by atoms with Crippen molar-refractivity contribution in [2.45, 2.75) is 50.3 Å². The molecule has 0 amide bonds. The van der Waals surface area contributed by atoms with Crippen LogP contribution in [0.3, 0.4) is 0 Å². The number of phenols is 1. The second-order valence-electron chi connectivity index (χ2n) is 5.99. The number of ether oxygens (including phenoxy) is 1. The number of para-hydroxylation sites is 1. The maximum absolute atomic E-state index is 11.6. The minimum absolute atomic E-state index is 0.333. The maximum atomic E-state index is 11.6. The molecule has 25 heavy (non-hydrogen) atoms. The molecule has 0 aliphatic rings. The first kappa shape index (κ1) is 19.3. The second-order valence-corrected chi connectivity index (χ2v) is 7.34. The monoisotopic (exact) mass is 364 g/mol. The van der Waals surface area contributed by atoms with Gasteiger partial charge >= 0.3 is 0 Å². The van der Waals surface area contributed by atoms with Crippen molar-refractivity contribution in [3.8, 4) is 17.2 Å². The highest BCUT2D eigenvalue weighted by atomic mass is 32.2. The fraction of sp³-hybridized carbons (Fsp3) is 0.368. The lowest BCUT2D eigenvalue weighted by Crippen LogP contribution is -2.04. The van der Waals surface area contributed by atoms with Gasteiger partial charge in [0.15, 0.2) is 0 Å². The molecule has 0 bridgehead atoms. The predicted molar refractivity (Wildman–Crippen MR) is 96.9 cm³/mol. The molecule has 136 valence electrons. The summed E-state index contributed by atoms with van der Waals surface area (Å²) in [5.41, 5.74) is 0.366. The standard InChI is InChI=1S/C19H24O5S/c1-2-3-4-5-7-10-15-13-17(24-16-11-8-6-9-12-16)14-18(20)19(15)25(21,22)23/h6,8-9,11-14,20H,2-5,7,10H2,1H3,(H,21,22,23). The van der Waals surface area contributed by atoms with Crippen LogP contribution in [0, 0.1) is 0 Å². The second kappa shape index (κ2) is 8.87. The van der Waals surface area contributed by atoms with Crippen LogP contribution < -0.4 is 4.74 Å². The molecule has 0 aliphatic carbocycles. The number of hydrogen-bond donors (Lipinski definition) is 2. The molecule has 5 nitrogen and oxygen atoms in total. The Bertz CT molecular complexity index is 785. The molecule has 2 aromatic rings. The van der Waals surface area contributed by atoms with E-state index in [4.69, 9.17) is 4.74 Å². The lowest BCUT2D eigenvalue weighted by Gasteiger charge is -2.13. The lowest BCUT2D eigenvalue weighted by atomic mass is 10.0. The highest BCUT2D eigenvalue weighted by Crippen LogP contribution is 2.34. The summed E-state index contributed by atoms with van der Waals surface area (Å²) in [5.74, 6) is 0.412. The third-order valence-corrected chi connectivity index (χ3v) is 4.89. The van der Waals surface area contributed by atoms with Gasteiger partial charge in [-0.15, -0.1) is 0 Å². The van der Waals surface area contributed by atoms with Crippen LogP contribution >= 0.6 is 0 Å². The van der Waals surface area contributed by atoms with Crippen molar-refractivity contribution in [1.82, 2.24) is 0 Å². The van der Waals surface area contributed by atoms with E-state index in [2.05, 4.69) is 6.92 Å². The molecule has 2 rings (SSSR count). The molecule has 0 radical (unpaired) electrons. The molecule has 0 atom stereocenters. The normalized spacial score (nSPS) is 11.4. The van der Waals surface area contributed by atoms with Crippen molar-refractivity contribution < 1.29 is 22.8 Å². The molecule has 0 saturated heterocycles. The van der Waals surface area contributed by atoms with Crippen LogP contribution in [-0.2, 0) is 16.5 Å². The fourth-order valence-corrected chi connectivity index (χ4v) is 3.55. The van der Waals surface area contributed by atoms with Crippen molar-refractivity contribution in [3.05, 3.63) is 48.0 Å². The van der Waals surface area contributed by atoms with E-state index in [0.29, 0.717) is 23.5 Å². The van der Waals surface area contributed by atoms with Gasteiger partial charge in [-0.25, -0.2) is 0 Å². The van der Waals surface area contributed by atoms with Crippen LogP contribution in [0.5, 0.6) is 17.2 Å². The number of rotatable bonds is 9. The molecule has 6 heteroatoms. The van der Waals surface area contributed by atoms with Crippen molar-refractivity contribution in [1.29, 1.82) is 0 Å². The number of benzene rings is 2. The SMILES string of the molecule is CCCCCCCc1cc(Oc2ccccc2)cc(O)c1S(=O)(=O)O. The summed E-state index contributed by atoms with van der Waals surface area (Å²) in [5, 5.41) is 10.1. The average molecular weight is 364 g/mol. The summed E-state index contributed by atoms with van der Waals surface area (Å²) in [6.07, 6.45) is 5.51. The average Bonchev–Trinajstić information content (AvgIpc) is 2.54. The molecule has 2 aromatic carbocycles. The molecular formula is C19H24O5S. The molecule has 0 heterocycles. The van der Waals surface area contributed by atoms with Crippen LogP contribution in [0.1, 0.15) is 44.6 Å². The van der Waals surface area contributed by atoms with Crippen LogP contribution in [0.15, 0.2) is 47.4 Å². The van der Waals surface area contributed by atoms with Crippen LogP contribution in [0.2, 0.25) is 0 Å². The molecule has 0 aliphatic heterocycles. The maximum Gasteiger partial charge on any atom is 0.298 e. The van der Waals surface area contributed by atoms with Crippen LogP contribution in [-0.4, -0.2) is 18.1 Å². The van der Waals surface area contributed by atoms with Crippen molar-refractivity contribution >= 4 is 10.1 Å². The van der Waals surface area contributed by atoms with Crippen molar-refractivity contribution in [3.63, 3.8) is 0 Å². The Morgan fingerprint density at radius 2 is 1.64 bits per heavy atom. The number of aryl methyl sites for hydroxylation is 1. The first-order valence-corrected chi connectivity index (χ1v) is 9.92. The zero-order valence-electron chi connectivity index (χ0n) is 14.3. The Balaban J connectivity index is 2.25. The molecular weight excluding hydrogens is 340 g/mol. The number of phenolic OH excluding ortho intramolecular Hbond substituents is 1. The number of aromatic hydroxyl groups is 1. The molecule has 0 saturated carbocycles. The minimum Gasteiger partial charge on any atom is -0.506 e. The first-order valence-electron chi connectivity index (χ1n) is 8.48. The summed E-state index contributed by atoms with van der Waals surface area (Å²) < 4.78 is 38.4. The van der Waals surface area contributed by atoms with Crippen molar-refractivity contribution in [2.24, 2.45) is 0 Å². The largest absolute Gasteiger partial charge is 0.506 e. The molecule has 0 aromatic heterocycles. The lowest BCUT2D eigenvalue weighted by molar-refractivity contribution is 0.430. The van der Waals surface area contributed by atoms with Gasteiger partial charge in [-0.05, 0) is 36.6 Å². The topological polar surface area (TPSA) is 83.8 Å². The molecule has 2 N–H and O–H groups in total. The van der Waals surface area contributed by atoms with Gasteiger partial charge in [-0.3, -0.25) is 4.55 Å². The summed E-state index contributed by atoms with van der Waals surface area (Å²) in [7, 11) is -4.51. The van der Waals surface area contributed by atoms with Gasteiger partial charge in [0.2, 0.25) is 0 Å². The van der Waals surface area contributed by atoms with E-state index in [-0.39, 0.29) is 0 Å². The minimum atomic E-state index is -4.51. The van der Waals surface area contributed by atoms with E-state index in [9.17, 15) is 18.1 Å². The quantitative estimate of drug-likeness (QED) is 0.486. The summed E-state index contributed by atoms with van der Waals surface area (Å²) >= 11 is 0. The Morgan fingerprint density at radius 1 is 0.960 bits per heavy atom. The third-order valence-electron chi connectivity index (χ3n) is 3.91. The van der Waals surface area contributed by atoms with Gasteiger partial charge in [-0.2, -0.15) is 8.42 Å². The van der Waals surface area contributed by atoms with E-state index in [1.807, 2.05) is 18.2 Å². The summed E-state index contributed by atoms with van der Waals surface area (Å²) in [4.78, 5) is -0.427. The van der Waals surface area contributed by atoms with Crippen LogP contribution in [0.4, 0.5) is 0 Å². The van der Waals surface area contributed by atoms with E-state index in [1.54, 1.807) is 18.2 Å². The molecule has 0 fully saturated rings. The van der Waals surface area contributed by atoms with E-state index in [0.717, 1.165) is 32.1 Å². The molecule has 0 unspecified atom stereocenters. The van der Waals surface area contributed by atoms with Gasteiger partial charge in [0.1, 0.15) is 22.1 Å². The molecule has 0 spiro atoms. The number of hydrogen-bond acceptors (Lipinski definition) is 4. The van der Waals surface area contributed by atoms with E-state index >= 15 is 0 Å².